The van der Waals surface area contributed by atoms with Gasteiger partial charge in [-0.25, -0.2) is 9.59 Å². The smallest absolute Gasteiger partial charge is 0.355 e. The normalized spacial score (nSPS) is 9.92. The van der Waals surface area contributed by atoms with Crippen molar-refractivity contribution in [1.82, 2.24) is 9.88 Å². The Kier molecular flexibility index (Phi) is 5.56. The zero-order chi connectivity index (χ0) is 17.5. The van der Waals surface area contributed by atoms with Crippen LogP contribution in [0.1, 0.15) is 10.5 Å². The summed E-state index contributed by atoms with van der Waals surface area (Å²) < 4.78 is 11.4. The molecule has 8 nitrogen and oxygen atoms in total. The summed E-state index contributed by atoms with van der Waals surface area (Å²) in [5.74, 6) is -0.735. The molecule has 0 saturated heterocycles. The molecule has 0 aliphatic carbocycles. The lowest BCUT2D eigenvalue weighted by Gasteiger charge is -2.08. The van der Waals surface area contributed by atoms with Crippen LogP contribution in [0.2, 0.25) is 0 Å². The van der Waals surface area contributed by atoms with Crippen LogP contribution < -0.4 is 15.4 Å². The number of benzene rings is 1. The Labute approximate surface area is 138 Å². The Balaban J connectivity index is 1.78. The van der Waals surface area contributed by atoms with Crippen LogP contribution in [0.25, 0.3) is 0 Å². The van der Waals surface area contributed by atoms with Gasteiger partial charge in [-0.2, -0.15) is 0 Å². The number of nitrogens with zero attached hydrogens (tertiary/aromatic N) is 1. The van der Waals surface area contributed by atoms with Crippen LogP contribution in [0.5, 0.6) is 5.75 Å². The maximum absolute atomic E-state index is 11.7. The van der Waals surface area contributed by atoms with E-state index in [0.717, 1.165) is 0 Å². The molecule has 0 unspecified atom stereocenters. The minimum atomic E-state index is -0.733. The first-order valence-corrected chi connectivity index (χ1v) is 7.03. The number of anilines is 1. The van der Waals surface area contributed by atoms with Crippen LogP contribution in [-0.4, -0.2) is 36.2 Å². The number of hydrogen-bond acceptors (Lipinski definition) is 5. The number of aryl methyl sites for hydroxylation is 1. The number of imide groups is 1. The fourth-order valence-corrected chi connectivity index (χ4v) is 1.88. The molecule has 1 aromatic carbocycles. The van der Waals surface area contributed by atoms with Crippen molar-refractivity contribution in [3.63, 3.8) is 0 Å². The number of methoxy groups -OCH3 is 1. The van der Waals surface area contributed by atoms with Crippen LogP contribution in [0.4, 0.5) is 10.5 Å². The topological polar surface area (TPSA) is 98.7 Å². The predicted octanol–water partition coefficient (Wildman–Crippen LogP) is 1.54. The van der Waals surface area contributed by atoms with Gasteiger partial charge in [0, 0.05) is 18.9 Å². The molecule has 1 aromatic heterocycles. The fraction of sp³-hybridized carbons (Fsp3) is 0.188. The van der Waals surface area contributed by atoms with Crippen LogP contribution in [0.15, 0.2) is 42.6 Å². The zero-order valence-corrected chi connectivity index (χ0v) is 13.2. The lowest BCUT2D eigenvalue weighted by molar-refractivity contribution is -0.123. The van der Waals surface area contributed by atoms with Gasteiger partial charge in [-0.15, -0.1) is 0 Å². The van der Waals surface area contributed by atoms with Crippen molar-refractivity contribution in [3.05, 3.63) is 48.3 Å². The Morgan fingerprint density at radius 1 is 1.12 bits per heavy atom. The molecule has 3 amide bonds. The molecule has 2 aromatic rings. The van der Waals surface area contributed by atoms with Gasteiger partial charge in [0.15, 0.2) is 6.61 Å². The monoisotopic (exact) mass is 331 g/mol. The second-order valence-electron chi connectivity index (χ2n) is 4.81. The highest BCUT2D eigenvalue weighted by molar-refractivity contribution is 6.02. The number of aromatic nitrogens is 1. The molecule has 8 heteroatoms. The summed E-state index contributed by atoms with van der Waals surface area (Å²) in [5, 5.41) is 4.55. The van der Waals surface area contributed by atoms with E-state index in [9.17, 15) is 14.4 Å². The quantitative estimate of drug-likeness (QED) is 0.810. The van der Waals surface area contributed by atoms with Crippen molar-refractivity contribution in [2.24, 2.45) is 7.05 Å². The molecule has 126 valence electrons. The highest BCUT2D eigenvalue weighted by Crippen LogP contribution is 2.14. The van der Waals surface area contributed by atoms with Crippen molar-refractivity contribution in [2.45, 2.75) is 0 Å². The Morgan fingerprint density at radius 2 is 1.83 bits per heavy atom. The van der Waals surface area contributed by atoms with Crippen molar-refractivity contribution >= 4 is 23.6 Å². The molecule has 0 aliphatic heterocycles. The number of urea groups is 1. The number of amides is 3. The van der Waals surface area contributed by atoms with E-state index in [4.69, 9.17) is 9.47 Å². The number of esters is 1. The van der Waals surface area contributed by atoms with Gasteiger partial charge in [0.2, 0.25) is 0 Å². The van der Waals surface area contributed by atoms with Crippen molar-refractivity contribution in [1.29, 1.82) is 0 Å². The van der Waals surface area contributed by atoms with Crippen LogP contribution in [0, 0.1) is 0 Å². The number of carbonyl (C=O) groups excluding carboxylic acids is 3. The molecule has 1 heterocycles. The third-order valence-corrected chi connectivity index (χ3v) is 3.09. The average Bonchev–Trinajstić information content (AvgIpc) is 2.99. The summed E-state index contributed by atoms with van der Waals surface area (Å²) in [4.78, 5) is 35.0. The van der Waals surface area contributed by atoms with E-state index in [0.29, 0.717) is 17.1 Å². The number of rotatable bonds is 5. The van der Waals surface area contributed by atoms with Crippen molar-refractivity contribution in [2.75, 3.05) is 19.0 Å². The SMILES string of the molecule is COc1ccc(NC(=O)NC(=O)COC(=O)c2cccn2C)cc1. The summed E-state index contributed by atoms with van der Waals surface area (Å²) >= 11 is 0. The van der Waals surface area contributed by atoms with Gasteiger partial charge in [0.1, 0.15) is 11.4 Å². The maximum Gasteiger partial charge on any atom is 0.355 e. The molecule has 2 rings (SSSR count). The lowest BCUT2D eigenvalue weighted by Crippen LogP contribution is -2.37. The number of hydrogen-bond donors (Lipinski definition) is 2. The van der Waals surface area contributed by atoms with Gasteiger partial charge in [0.25, 0.3) is 5.91 Å². The van der Waals surface area contributed by atoms with E-state index in [1.54, 1.807) is 54.2 Å². The third kappa shape index (κ3) is 4.60. The highest BCUT2D eigenvalue weighted by Gasteiger charge is 2.14. The lowest BCUT2D eigenvalue weighted by atomic mass is 10.3. The van der Waals surface area contributed by atoms with Gasteiger partial charge >= 0.3 is 12.0 Å². The van der Waals surface area contributed by atoms with E-state index >= 15 is 0 Å². The van der Waals surface area contributed by atoms with E-state index in [1.807, 2.05) is 0 Å². The second-order valence-corrected chi connectivity index (χ2v) is 4.81. The largest absolute Gasteiger partial charge is 0.497 e. The zero-order valence-electron chi connectivity index (χ0n) is 13.2. The van der Waals surface area contributed by atoms with Gasteiger partial charge in [-0.05, 0) is 36.4 Å². The fourth-order valence-electron chi connectivity index (χ4n) is 1.88. The summed E-state index contributed by atoms with van der Waals surface area (Å²) in [6, 6.07) is 9.10. The molecule has 0 saturated carbocycles. The minimum absolute atomic E-state index is 0.311. The van der Waals surface area contributed by atoms with E-state index in [1.165, 1.54) is 7.11 Å². The summed E-state index contributed by atoms with van der Waals surface area (Å²) in [6.45, 7) is -0.556. The molecule has 2 N–H and O–H groups in total. The molecular weight excluding hydrogens is 314 g/mol. The first-order valence-electron chi connectivity index (χ1n) is 7.03. The van der Waals surface area contributed by atoms with Gasteiger partial charge in [0.05, 0.1) is 7.11 Å². The van der Waals surface area contributed by atoms with Crippen molar-refractivity contribution in [3.8, 4) is 5.75 Å². The van der Waals surface area contributed by atoms with Gasteiger partial charge in [-0.3, -0.25) is 10.1 Å². The Bertz CT molecular complexity index is 736. The first kappa shape index (κ1) is 17.1. The van der Waals surface area contributed by atoms with E-state index in [-0.39, 0.29) is 0 Å². The summed E-state index contributed by atoms with van der Waals surface area (Å²) in [7, 11) is 3.21. The average molecular weight is 331 g/mol. The molecule has 24 heavy (non-hydrogen) atoms. The third-order valence-electron chi connectivity index (χ3n) is 3.09. The first-order chi connectivity index (χ1) is 11.5. The molecule has 0 spiro atoms. The summed E-state index contributed by atoms with van der Waals surface area (Å²) in [5.41, 5.74) is 0.799. The molecule has 0 radical (unpaired) electrons. The Hall–Kier alpha value is -3.29. The van der Waals surface area contributed by atoms with E-state index < -0.39 is 24.5 Å². The maximum atomic E-state index is 11.7. The number of nitrogens with one attached hydrogen (secondary N) is 2. The van der Waals surface area contributed by atoms with Crippen molar-refractivity contribution < 1.29 is 23.9 Å². The van der Waals surface area contributed by atoms with Gasteiger partial charge in [-0.1, -0.05) is 0 Å². The highest BCUT2D eigenvalue weighted by atomic mass is 16.5. The second kappa shape index (κ2) is 7.82. The molecule has 0 aliphatic rings. The molecule has 0 bridgehead atoms. The van der Waals surface area contributed by atoms with Crippen LogP contribution in [-0.2, 0) is 16.6 Å². The standard InChI is InChI=1S/C16H17N3O5/c1-19-9-3-4-13(19)15(21)24-10-14(20)18-16(22)17-11-5-7-12(23-2)8-6-11/h3-9H,10H2,1-2H3,(H2,17,18,20,22). The predicted molar refractivity (Wildman–Crippen MR) is 85.9 cm³/mol. The van der Waals surface area contributed by atoms with E-state index in [2.05, 4.69) is 10.6 Å². The van der Waals surface area contributed by atoms with Crippen LogP contribution in [0.3, 0.4) is 0 Å². The number of ether oxygens (including phenoxy) is 2. The molecule has 0 fully saturated rings. The molecule has 0 atom stereocenters. The Morgan fingerprint density at radius 3 is 2.42 bits per heavy atom. The van der Waals surface area contributed by atoms with Gasteiger partial charge < -0.3 is 19.4 Å². The summed E-state index contributed by atoms with van der Waals surface area (Å²) in [6.07, 6.45) is 1.68. The number of carbonyl (C=O) groups is 3. The minimum Gasteiger partial charge on any atom is -0.497 e. The van der Waals surface area contributed by atoms with Crippen LogP contribution >= 0.6 is 0 Å². The molecular formula is C16H17N3O5.